The summed E-state index contributed by atoms with van der Waals surface area (Å²) in [6.45, 7) is 0.893. The Hall–Kier alpha value is -2.56. The van der Waals surface area contributed by atoms with Crippen molar-refractivity contribution in [3.8, 4) is 5.75 Å². The van der Waals surface area contributed by atoms with Crippen LogP contribution in [0.4, 0.5) is 28.0 Å². The van der Waals surface area contributed by atoms with Gasteiger partial charge in [0.2, 0.25) is 0 Å². The SMILES string of the molecule is CN1CCC1(c1ccccc1OC1NCCCC1NC(=O)Nc1ccc(Cl)cc1F)C(F)(F)F. The van der Waals surface area contributed by atoms with Crippen molar-refractivity contribution in [3.63, 3.8) is 0 Å². The van der Waals surface area contributed by atoms with Gasteiger partial charge >= 0.3 is 12.2 Å². The minimum Gasteiger partial charge on any atom is -0.473 e. The number of nitrogens with one attached hydrogen (secondary N) is 3. The van der Waals surface area contributed by atoms with Crippen LogP contribution < -0.4 is 20.7 Å². The van der Waals surface area contributed by atoms with Crippen molar-refractivity contribution in [2.45, 2.75) is 43.2 Å². The molecule has 2 fully saturated rings. The molecule has 2 amide bonds. The number of hydrogen-bond donors (Lipinski definition) is 3. The van der Waals surface area contributed by atoms with Gasteiger partial charge in [-0.05, 0) is 57.1 Å². The molecular formula is C23H25ClF4N4O2. The number of hydrogen-bond acceptors (Lipinski definition) is 4. The van der Waals surface area contributed by atoms with Crippen molar-refractivity contribution in [2.75, 3.05) is 25.5 Å². The maximum absolute atomic E-state index is 14.1. The highest BCUT2D eigenvalue weighted by molar-refractivity contribution is 6.30. The monoisotopic (exact) mass is 500 g/mol. The van der Waals surface area contributed by atoms with Crippen LogP contribution in [0.3, 0.4) is 0 Å². The molecule has 2 aromatic carbocycles. The van der Waals surface area contributed by atoms with E-state index in [1.165, 1.54) is 36.2 Å². The van der Waals surface area contributed by atoms with Gasteiger partial charge in [0.05, 0.1) is 11.7 Å². The number of urea groups is 1. The van der Waals surface area contributed by atoms with E-state index in [-0.39, 0.29) is 28.4 Å². The Morgan fingerprint density at radius 2 is 2.03 bits per heavy atom. The predicted octanol–water partition coefficient (Wildman–Crippen LogP) is 4.85. The van der Waals surface area contributed by atoms with Gasteiger partial charge in [0.25, 0.3) is 0 Å². The van der Waals surface area contributed by atoms with E-state index in [2.05, 4.69) is 16.0 Å². The summed E-state index contributed by atoms with van der Waals surface area (Å²) in [7, 11) is 1.44. The molecule has 0 saturated carbocycles. The van der Waals surface area contributed by atoms with Crippen molar-refractivity contribution in [1.82, 2.24) is 15.5 Å². The van der Waals surface area contributed by atoms with Crippen molar-refractivity contribution in [3.05, 3.63) is 58.9 Å². The number of carbonyl (C=O) groups is 1. The molecule has 0 aliphatic carbocycles. The molecule has 2 saturated heterocycles. The van der Waals surface area contributed by atoms with Gasteiger partial charge in [-0.2, -0.15) is 13.2 Å². The number of ether oxygens (including phenoxy) is 1. The quantitative estimate of drug-likeness (QED) is 0.513. The zero-order valence-corrected chi connectivity index (χ0v) is 19.1. The van der Waals surface area contributed by atoms with Gasteiger partial charge in [-0.25, -0.2) is 9.18 Å². The van der Waals surface area contributed by atoms with Crippen LogP contribution in [-0.4, -0.2) is 49.5 Å². The van der Waals surface area contributed by atoms with Crippen LogP contribution in [0.15, 0.2) is 42.5 Å². The number of halogens is 5. The van der Waals surface area contributed by atoms with E-state index >= 15 is 0 Å². The second-order valence-electron chi connectivity index (χ2n) is 8.49. The lowest BCUT2D eigenvalue weighted by Crippen LogP contribution is -2.64. The summed E-state index contributed by atoms with van der Waals surface area (Å²) >= 11 is 5.74. The third-order valence-corrected chi connectivity index (χ3v) is 6.65. The van der Waals surface area contributed by atoms with Gasteiger partial charge in [0.15, 0.2) is 6.23 Å². The minimum absolute atomic E-state index is 0.0371. The molecule has 2 aromatic rings. The van der Waals surface area contributed by atoms with Crippen molar-refractivity contribution < 1.29 is 27.1 Å². The average molecular weight is 501 g/mol. The number of nitrogens with zero attached hydrogens (tertiary/aromatic N) is 1. The lowest BCUT2D eigenvalue weighted by Gasteiger charge is -2.52. The highest BCUT2D eigenvalue weighted by Gasteiger charge is 2.64. The Balaban J connectivity index is 1.52. The summed E-state index contributed by atoms with van der Waals surface area (Å²) in [6.07, 6.45) is -4.08. The summed E-state index contributed by atoms with van der Waals surface area (Å²) in [5.41, 5.74) is -2.13. The van der Waals surface area contributed by atoms with E-state index in [1.807, 2.05) is 0 Å². The molecule has 3 unspecified atom stereocenters. The van der Waals surface area contributed by atoms with Gasteiger partial charge < -0.3 is 15.4 Å². The van der Waals surface area contributed by atoms with E-state index in [4.69, 9.17) is 16.3 Å². The van der Waals surface area contributed by atoms with Gasteiger partial charge in [-0.1, -0.05) is 29.8 Å². The van der Waals surface area contributed by atoms with Gasteiger partial charge in [-0.15, -0.1) is 0 Å². The zero-order valence-electron chi connectivity index (χ0n) is 18.4. The van der Waals surface area contributed by atoms with E-state index in [0.29, 0.717) is 19.5 Å². The molecule has 34 heavy (non-hydrogen) atoms. The number of likely N-dealkylation sites (tertiary alicyclic amines) is 1. The van der Waals surface area contributed by atoms with Crippen molar-refractivity contribution in [2.24, 2.45) is 0 Å². The second-order valence-corrected chi connectivity index (χ2v) is 8.93. The molecule has 11 heteroatoms. The number of para-hydroxylation sites is 1. The largest absolute Gasteiger partial charge is 0.473 e. The van der Waals surface area contributed by atoms with Crippen LogP contribution in [0, 0.1) is 5.82 Å². The summed E-state index contributed by atoms with van der Waals surface area (Å²) in [6, 6.07) is 8.75. The molecule has 0 aromatic heterocycles. The number of piperidine rings is 1. The van der Waals surface area contributed by atoms with E-state index < -0.39 is 35.8 Å². The molecule has 2 aliphatic heterocycles. The average Bonchev–Trinajstić information content (AvgIpc) is 2.76. The molecule has 6 nitrogen and oxygen atoms in total. The van der Waals surface area contributed by atoms with Crippen LogP contribution >= 0.6 is 11.6 Å². The molecule has 2 heterocycles. The maximum Gasteiger partial charge on any atom is 0.411 e. The third kappa shape index (κ3) is 4.67. The summed E-state index contributed by atoms with van der Waals surface area (Å²) in [4.78, 5) is 13.8. The molecular weight excluding hydrogens is 476 g/mol. The van der Waals surface area contributed by atoms with Gasteiger partial charge in [0, 0.05) is 17.1 Å². The molecule has 3 atom stereocenters. The number of carbonyl (C=O) groups excluding carboxylic acids is 1. The van der Waals surface area contributed by atoms with E-state index in [9.17, 15) is 22.4 Å². The van der Waals surface area contributed by atoms with E-state index in [1.54, 1.807) is 12.1 Å². The van der Waals surface area contributed by atoms with Crippen LogP contribution in [0.2, 0.25) is 5.02 Å². The number of amides is 2. The fraction of sp³-hybridized carbons (Fsp3) is 0.435. The smallest absolute Gasteiger partial charge is 0.411 e. The first kappa shape index (κ1) is 24.6. The third-order valence-electron chi connectivity index (χ3n) is 6.41. The number of benzene rings is 2. The summed E-state index contributed by atoms with van der Waals surface area (Å²) in [5, 5.41) is 8.48. The van der Waals surface area contributed by atoms with Gasteiger partial charge in [-0.3, -0.25) is 10.2 Å². The zero-order chi connectivity index (χ0) is 24.5. The topological polar surface area (TPSA) is 65.6 Å². The molecule has 4 rings (SSSR count). The number of alkyl halides is 3. The highest BCUT2D eigenvalue weighted by Crippen LogP contribution is 2.53. The highest BCUT2D eigenvalue weighted by atomic mass is 35.5. The Morgan fingerprint density at radius 1 is 1.26 bits per heavy atom. The first-order chi connectivity index (χ1) is 16.1. The molecule has 2 aliphatic rings. The lowest BCUT2D eigenvalue weighted by molar-refractivity contribution is -0.267. The fourth-order valence-corrected chi connectivity index (χ4v) is 4.67. The van der Waals surface area contributed by atoms with Crippen LogP contribution in [0.1, 0.15) is 24.8 Å². The Kier molecular flexibility index (Phi) is 6.93. The summed E-state index contributed by atoms with van der Waals surface area (Å²) in [5.74, 6) is -0.588. The van der Waals surface area contributed by atoms with Gasteiger partial charge in [0.1, 0.15) is 17.1 Å². The predicted molar refractivity (Wildman–Crippen MR) is 120 cm³/mol. The minimum atomic E-state index is -4.49. The number of anilines is 1. The lowest BCUT2D eigenvalue weighted by atomic mass is 9.77. The Morgan fingerprint density at radius 3 is 2.68 bits per heavy atom. The van der Waals surface area contributed by atoms with Crippen LogP contribution in [0.5, 0.6) is 5.75 Å². The molecule has 184 valence electrons. The van der Waals surface area contributed by atoms with Crippen molar-refractivity contribution in [1.29, 1.82) is 0 Å². The molecule has 3 N–H and O–H groups in total. The first-order valence-corrected chi connectivity index (χ1v) is 11.3. The molecule has 0 radical (unpaired) electrons. The summed E-state index contributed by atoms with van der Waals surface area (Å²) < 4.78 is 62.5. The molecule has 0 spiro atoms. The maximum atomic E-state index is 14.1. The normalized spacial score (nSPS) is 25.4. The van der Waals surface area contributed by atoms with Crippen LogP contribution in [-0.2, 0) is 5.54 Å². The standard InChI is InChI=1S/C23H25ClF4N4O2/c1-32-12-10-22(32,23(26,27)28)15-5-2-3-7-19(15)34-20-18(6-4-11-29-20)31-21(33)30-17-9-8-14(24)13-16(17)25/h2-3,5,7-9,13,18,20,29H,4,6,10-12H2,1H3,(H2,30,31,33). The first-order valence-electron chi connectivity index (χ1n) is 10.9. The van der Waals surface area contributed by atoms with E-state index in [0.717, 1.165) is 12.5 Å². The fourth-order valence-electron chi connectivity index (χ4n) is 4.51. The Labute approximate surface area is 199 Å². The van der Waals surface area contributed by atoms with Crippen molar-refractivity contribution >= 4 is 23.3 Å². The number of rotatable bonds is 5. The van der Waals surface area contributed by atoms with Crippen LogP contribution in [0.25, 0.3) is 0 Å². The molecule has 0 bridgehead atoms. The second kappa shape index (κ2) is 9.59. The Bertz CT molecular complexity index is 1050.